The number of nitrogens with two attached hydrogens (primary N) is 1. The zero-order valence-corrected chi connectivity index (χ0v) is 7.82. The summed E-state index contributed by atoms with van der Waals surface area (Å²) >= 11 is 3.31. The van der Waals surface area contributed by atoms with Crippen molar-refractivity contribution in [2.75, 3.05) is 0 Å². The van der Waals surface area contributed by atoms with Crippen LogP contribution in [0.15, 0.2) is 22.9 Å². The van der Waals surface area contributed by atoms with Crippen molar-refractivity contribution >= 4 is 21.6 Å². The van der Waals surface area contributed by atoms with Gasteiger partial charge in [-0.1, -0.05) is 0 Å². The Balaban J connectivity index is 2.67. The zero-order chi connectivity index (χ0) is 8.55. The summed E-state index contributed by atoms with van der Waals surface area (Å²) in [5.41, 5.74) is 7.10. The third kappa shape index (κ3) is 1.21. The smallest absolute Gasteiger partial charge is 0.155 e. The summed E-state index contributed by atoms with van der Waals surface area (Å²) in [4.78, 5) is 4.15. The Morgan fingerprint density at radius 2 is 2.42 bits per heavy atom. The van der Waals surface area contributed by atoms with Crippen molar-refractivity contribution in [3.05, 3.63) is 28.6 Å². The Kier molecular flexibility index (Phi) is 1.82. The van der Waals surface area contributed by atoms with E-state index in [0.717, 1.165) is 15.8 Å². The molecule has 5 heteroatoms. The fraction of sp³-hybridized carbons (Fsp3) is 0.143. The molecular weight excluding hydrogens is 220 g/mol. The first-order chi connectivity index (χ1) is 5.79. The SMILES string of the molecule is NCc1cc2ncc(Br)cn2n1. The molecule has 2 heterocycles. The van der Waals surface area contributed by atoms with E-state index in [1.165, 1.54) is 0 Å². The van der Waals surface area contributed by atoms with Crippen LogP contribution in [0.3, 0.4) is 0 Å². The average Bonchev–Trinajstić information content (AvgIpc) is 2.46. The molecule has 0 spiro atoms. The third-order valence-electron chi connectivity index (χ3n) is 1.54. The van der Waals surface area contributed by atoms with E-state index in [9.17, 15) is 0 Å². The van der Waals surface area contributed by atoms with Gasteiger partial charge in [0.15, 0.2) is 5.65 Å². The first-order valence-electron chi connectivity index (χ1n) is 3.49. The normalized spacial score (nSPS) is 10.8. The molecular formula is C7H7BrN4. The number of halogens is 1. The zero-order valence-electron chi connectivity index (χ0n) is 6.24. The van der Waals surface area contributed by atoms with Gasteiger partial charge >= 0.3 is 0 Å². The maximum atomic E-state index is 5.44. The minimum atomic E-state index is 0.445. The van der Waals surface area contributed by atoms with Gasteiger partial charge in [0.05, 0.1) is 10.2 Å². The maximum Gasteiger partial charge on any atom is 0.155 e. The lowest BCUT2D eigenvalue weighted by Crippen LogP contribution is -1.97. The van der Waals surface area contributed by atoms with Crippen molar-refractivity contribution in [3.63, 3.8) is 0 Å². The molecule has 0 amide bonds. The standard InChI is InChI=1S/C7H7BrN4/c8-5-3-10-7-1-6(2-9)11-12(7)4-5/h1,3-4H,2,9H2. The van der Waals surface area contributed by atoms with Crippen LogP contribution in [0.5, 0.6) is 0 Å². The van der Waals surface area contributed by atoms with Crippen LogP contribution in [0, 0.1) is 0 Å². The van der Waals surface area contributed by atoms with Crippen molar-refractivity contribution in [2.24, 2.45) is 5.73 Å². The molecule has 2 aromatic rings. The third-order valence-corrected chi connectivity index (χ3v) is 1.95. The number of aromatic nitrogens is 3. The van der Waals surface area contributed by atoms with Gasteiger partial charge in [0.25, 0.3) is 0 Å². The van der Waals surface area contributed by atoms with Gasteiger partial charge in [-0.05, 0) is 15.9 Å². The minimum absolute atomic E-state index is 0.445. The van der Waals surface area contributed by atoms with Gasteiger partial charge in [-0.25, -0.2) is 9.50 Å². The molecule has 0 saturated heterocycles. The van der Waals surface area contributed by atoms with Crippen LogP contribution in [-0.4, -0.2) is 14.6 Å². The van der Waals surface area contributed by atoms with E-state index < -0.39 is 0 Å². The Morgan fingerprint density at radius 1 is 1.58 bits per heavy atom. The second-order valence-electron chi connectivity index (χ2n) is 2.41. The van der Waals surface area contributed by atoms with Gasteiger partial charge < -0.3 is 5.73 Å². The molecule has 0 bridgehead atoms. The quantitative estimate of drug-likeness (QED) is 0.788. The van der Waals surface area contributed by atoms with E-state index in [1.807, 2.05) is 12.3 Å². The van der Waals surface area contributed by atoms with Gasteiger partial charge in [-0.15, -0.1) is 0 Å². The molecule has 0 aliphatic carbocycles. The van der Waals surface area contributed by atoms with E-state index in [-0.39, 0.29) is 0 Å². The first-order valence-corrected chi connectivity index (χ1v) is 4.29. The molecule has 0 unspecified atom stereocenters. The van der Waals surface area contributed by atoms with Crippen LogP contribution in [0.2, 0.25) is 0 Å². The lowest BCUT2D eigenvalue weighted by Gasteiger charge is -1.90. The van der Waals surface area contributed by atoms with E-state index in [4.69, 9.17) is 5.73 Å². The highest BCUT2D eigenvalue weighted by Gasteiger charge is 1.99. The predicted molar refractivity (Wildman–Crippen MR) is 48.6 cm³/mol. The van der Waals surface area contributed by atoms with Crippen molar-refractivity contribution < 1.29 is 0 Å². The molecule has 4 nitrogen and oxygen atoms in total. The second-order valence-corrected chi connectivity index (χ2v) is 3.33. The summed E-state index contributed by atoms with van der Waals surface area (Å²) in [5.74, 6) is 0. The highest BCUT2D eigenvalue weighted by Crippen LogP contribution is 2.09. The summed E-state index contributed by atoms with van der Waals surface area (Å²) < 4.78 is 2.60. The van der Waals surface area contributed by atoms with Crippen LogP contribution in [0.25, 0.3) is 5.65 Å². The second kappa shape index (κ2) is 2.84. The average molecular weight is 227 g/mol. The van der Waals surface area contributed by atoms with Crippen LogP contribution in [-0.2, 0) is 6.54 Å². The highest BCUT2D eigenvalue weighted by atomic mass is 79.9. The van der Waals surface area contributed by atoms with Gasteiger partial charge in [0.2, 0.25) is 0 Å². The van der Waals surface area contributed by atoms with Crippen molar-refractivity contribution in [1.82, 2.24) is 14.6 Å². The fourth-order valence-electron chi connectivity index (χ4n) is 1.00. The molecule has 0 atom stereocenters. The van der Waals surface area contributed by atoms with Crippen molar-refractivity contribution in [2.45, 2.75) is 6.54 Å². The maximum absolute atomic E-state index is 5.44. The molecule has 0 radical (unpaired) electrons. The minimum Gasteiger partial charge on any atom is -0.325 e. The Morgan fingerprint density at radius 3 is 3.17 bits per heavy atom. The monoisotopic (exact) mass is 226 g/mol. The summed E-state index contributed by atoms with van der Waals surface area (Å²) in [7, 11) is 0. The van der Waals surface area contributed by atoms with Crippen molar-refractivity contribution in [3.8, 4) is 0 Å². The van der Waals surface area contributed by atoms with Crippen molar-refractivity contribution in [1.29, 1.82) is 0 Å². The van der Waals surface area contributed by atoms with Crippen LogP contribution in [0.1, 0.15) is 5.69 Å². The molecule has 2 aromatic heterocycles. The Bertz CT molecular complexity index is 409. The number of hydrogen-bond acceptors (Lipinski definition) is 3. The first kappa shape index (κ1) is 7.70. The van der Waals surface area contributed by atoms with E-state index in [1.54, 1.807) is 10.7 Å². The molecule has 12 heavy (non-hydrogen) atoms. The number of hydrogen-bond donors (Lipinski definition) is 1. The topological polar surface area (TPSA) is 56.2 Å². The van der Waals surface area contributed by atoms with Gasteiger partial charge in [0, 0.05) is 25.0 Å². The molecule has 0 fully saturated rings. The Labute approximate surface area is 77.5 Å². The predicted octanol–water partition coefficient (Wildman–Crippen LogP) is 0.951. The number of fused-ring (bicyclic) bond motifs is 1. The van der Waals surface area contributed by atoms with Gasteiger partial charge in [-0.2, -0.15) is 5.10 Å². The summed E-state index contributed by atoms with van der Waals surface area (Å²) in [6, 6.07) is 1.87. The molecule has 2 rings (SSSR count). The molecule has 0 saturated carbocycles. The molecule has 0 aliphatic heterocycles. The molecule has 0 aromatic carbocycles. The fourth-order valence-corrected chi connectivity index (χ4v) is 1.30. The summed E-state index contributed by atoms with van der Waals surface area (Å²) in [6.07, 6.45) is 3.58. The lowest BCUT2D eigenvalue weighted by atomic mass is 10.4. The summed E-state index contributed by atoms with van der Waals surface area (Å²) in [5, 5.41) is 4.19. The Hall–Kier alpha value is -0.940. The molecule has 0 aliphatic rings. The van der Waals surface area contributed by atoms with Gasteiger partial charge in [0.1, 0.15) is 0 Å². The van der Waals surface area contributed by atoms with Crippen LogP contribution < -0.4 is 5.73 Å². The molecule has 2 N–H and O–H groups in total. The van der Waals surface area contributed by atoms with Crippen LogP contribution >= 0.6 is 15.9 Å². The molecule has 62 valence electrons. The van der Waals surface area contributed by atoms with E-state index in [0.29, 0.717) is 6.54 Å². The number of nitrogens with zero attached hydrogens (tertiary/aromatic N) is 3. The number of rotatable bonds is 1. The van der Waals surface area contributed by atoms with E-state index >= 15 is 0 Å². The van der Waals surface area contributed by atoms with Gasteiger partial charge in [-0.3, -0.25) is 0 Å². The lowest BCUT2D eigenvalue weighted by molar-refractivity contribution is 0.871. The summed E-state index contributed by atoms with van der Waals surface area (Å²) in [6.45, 7) is 0.445. The van der Waals surface area contributed by atoms with E-state index in [2.05, 4.69) is 26.0 Å². The van der Waals surface area contributed by atoms with Crippen LogP contribution in [0.4, 0.5) is 0 Å². The highest BCUT2D eigenvalue weighted by molar-refractivity contribution is 9.10. The largest absolute Gasteiger partial charge is 0.325 e.